The molecule has 2 aromatic rings. The van der Waals surface area contributed by atoms with E-state index in [1.54, 1.807) is 18.2 Å². The molecule has 1 N–H and O–H groups in total. The number of hydrogen-bond donors (Lipinski definition) is 1. The van der Waals surface area contributed by atoms with E-state index >= 15 is 0 Å². The summed E-state index contributed by atoms with van der Waals surface area (Å²) in [6.07, 6.45) is 0. The topological polar surface area (TPSA) is 47.3 Å². The van der Waals surface area contributed by atoms with Crippen LogP contribution in [0.2, 0.25) is 0 Å². The fourth-order valence-electron chi connectivity index (χ4n) is 1.97. The fraction of sp³-hybridized carbons (Fsp3) is 0.188. The third kappa shape index (κ3) is 3.26. The van der Waals surface area contributed by atoms with Gasteiger partial charge in [-0.15, -0.1) is 0 Å². The van der Waals surface area contributed by atoms with E-state index < -0.39 is 0 Å². The quantitative estimate of drug-likeness (QED) is 0.908. The van der Waals surface area contributed by atoms with Crippen LogP contribution >= 0.6 is 0 Å². The SMILES string of the molecule is CC(C#N)N(Cc1ccccc1)c1cccc(O)c1. The molecule has 3 heteroatoms. The Kier molecular flexibility index (Phi) is 4.04. The lowest BCUT2D eigenvalue weighted by atomic mass is 10.1. The monoisotopic (exact) mass is 252 g/mol. The van der Waals surface area contributed by atoms with Gasteiger partial charge in [0.25, 0.3) is 0 Å². The first kappa shape index (κ1) is 13.0. The van der Waals surface area contributed by atoms with Gasteiger partial charge in [-0.2, -0.15) is 5.26 Å². The molecule has 0 saturated heterocycles. The van der Waals surface area contributed by atoms with Crippen LogP contribution in [0.25, 0.3) is 0 Å². The molecule has 96 valence electrons. The molecule has 1 atom stereocenters. The van der Waals surface area contributed by atoms with Crippen molar-refractivity contribution < 1.29 is 5.11 Å². The lowest BCUT2D eigenvalue weighted by molar-refractivity contribution is 0.475. The van der Waals surface area contributed by atoms with E-state index in [2.05, 4.69) is 6.07 Å². The molecule has 0 aromatic heterocycles. The summed E-state index contributed by atoms with van der Waals surface area (Å²) in [5.41, 5.74) is 1.98. The Bertz CT molecular complexity index is 575. The molecule has 0 saturated carbocycles. The molecule has 0 amide bonds. The molecular formula is C16H16N2O. The summed E-state index contributed by atoms with van der Waals surface area (Å²) in [5.74, 6) is 0.209. The molecule has 2 rings (SSSR count). The second-order valence-electron chi connectivity index (χ2n) is 4.44. The van der Waals surface area contributed by atoms with Gasteiger partial charge in [-0.25, -0.2) is 0 Å². The Morgan fingerprint density at radius 3 is 2.53 bits per heavy atom. The zero-order chi connectivity index (χ0) is 13.7. The smallest absolute Gasteiger partial charge is 0.117 e. The molecule has 0 spiro atoms. The first-order valence-electron chi connectivity index (χ1n) is 6.20. The van der Waals surface area contributed by atoms with Gasteiger partial charge >= 0.3 is 0 Å². The minimum atomic E-state index is -0.262. The number of hydrogen-bond acceptors (Lipinski definition) is 3. The Labute approximate surface area is 113 Å². The van der Waals surface area contributed by atoms with Crippen LogP contribution in [0.4, 0.5) is 5.69 Å². The first-order valence-corrected chi connectivity index (χ1v) is 6.20. The third-order valence-electron chi connectivity index (χ3n) is 3.01. The van der Waals surface area contributed by atoms with Crippen molar-refractivity contribution in [1.29, 1.82) is 5.26 Å². The third-order valence-corrected chi connectivity index (χ3v) is 3.01. The highest BCUT2D eigenvalue weighted by Crippen LogP contribution is 2.23. The molecule has 2 aromatic carbocycles. The average Bonchev–Trinajstić information content (AvgIpc) is 2.45. The van der Waals surface area contributed by atoms with Crippen molar-refractivity contribution in [2.24, 2.45) is 0 Å². The van der Waals surface area contributed by atoms with Crippen LogP contribution in [-0.2, 0) is 6.54 Å². The van der Waals surface area contributed by atoms with Gasteiger partial charge in [0.05, 0.1) is 6.07 Å². The van der Waals surface area contributed by atoms with Crippen molar-refractivity contribution >= 4 is 5.69 Å². The van der Waals surface area contributed by atoms with Crippen molar-refractivity contribution in [3.05, 3.63) is 60.2 Å². The van der Waals surface area contributed by atoms with E-state index in [0.717, 1.165) is 11.3 Å². The van der Waals surface area contributed by atoms with Gasteiger partial charge < -0.3 is 10.0 Å². The van der Waals surface area contributed by atoms with Crippen molar-refractivity contribution in [2.75, 3.05) is 4.90 Å². The molecule has 0 aliphatic heterocycles. The average molecular weight is 252 g/mol. The van der Waals surface area contributed by atoms with E-state index in [-0.39, 0.29) is 11.8 Å². The maximum Gasteiger partial charge on any atom is 0.117 e. The Morgan fingerprint density at radius 2 is 1.89 bits per heavy atom. The first-order chi connectivity index (χ1) is 9.20. The summed E-state index contributed by atoms with van der Waals surface area (Å²) in [6.45, 7) is 2.49. The van der Waals surface area contributed by atoms with Crippen molar-refractivity contribution in [3.63, 3.8) is 0 Å². The number of anilines is 1. The summed E-state index contributed by atoms with van der Waals surface area (Å²) >= 11 is 0. The number of rotatable bonds is 4. The zero-order valence-electron chi connectivity index (χ0n) is 10.8. The maximum atomic E-state index is 9.57. The number of benzene rings is 2. The fourth-order valence-corrected chi connectivity index (χ4v) is 1.97. The van der Waals surface area contributed by atoms with Crippen LogP contribution in [0.5, 0.6) is 5.75 Å². The molecule has 0 radical (unpaired) electrons. The molecule has 0 heterocycles. The van der Waals surface area contributed by atoms with E-state index in [9.17, 15) is 5.11 Å². The lowest BCUT2D eigenvalue weighted by Gasteiger charge is -2.27. The van der Waals surface area contributed by atoms with Crippen molar-refractivity contribution in [2.45, 2.75) is 19.5 Å². The molecule has 1 unspecified atom stereocenters. The van der Waals surface area contributed by atoms with E-state index in [0.29, 0.717) is 6.54 Å². The number of phenols is 1. The summed E-state index contributed by atoms with van der Waals surface area (Å²) in [4.78, 5) is 1.97. The summed E-state index contributed by atoms with van der Waals surface area (Å²) < 4.78 is 0. The van der Waals surface area contributed by atoms with Crippen LogP contribution in [0.1, 0.15) is 12.5 Å². The Morgan fingerprint density at radius 1 is 1.16 bits per heavy atom. The predicted octanol–water partition coefficient (Wildman–Crippen LogP) is 3.31. The molecule has 0 bridgehead atoms. The second kappa shape index (κ2) is 5.92. The molecule has 0 aliphatic rings. The minimum absolute atomic E-state index is 0.209. The van der Waals surface area contributed by atoms with Crippen molar-refractivity contribution in [3.8, 4) is 11.8 Å². The number of nitriles is 1. The molecule has 3 nitrogen and oxygen atoms in total. The number of phenolic OH excluding ortho intramolecular Hbond substituents is 1. The minimum Gasteiger partial charge on any atom is -0.508 e. The van der Waals surface area contributed by atoms with Crippen LogP contribution in [0, 0.1) is 11.3 Å². The van der Waals surface area contributed by atoms with Crippen LogP contribution in [0.15, 0.2) is 54.6 Å². The molecular weight excluding hydrogens is 236 g/mol. The van der Waals surface area contributed by atoms with Crippen LogP contribution in [0.3, 0.4) is 0 Å². The second-order valence-corrected chi connectivity index (χ2v) is 4.44. The van der Waals surface area contributed by atoms with Gasteiger partial charge in [-0.3, -0.25) is 0 Å². The zero-order valence-corrected chi connectivity index (χ0v) is 10.8. The highest BCUT2D eigenvalue weighted by atomic mass is 16.3. The van der Waals surface area contributed by atoms with Gasteiger partial charge in [0.2, 0.25) is 0 Å². The van der Waals surface area contributed by atoms with E-state index in [1.165, 1.54) is 0 Å². The number of nitrogens with zero attached hydrogens (tertiary/aromatic N) is 2. The Hall–Kier alpha value is -2.47. The summed E-state index contributed by atoms with van der Waals surface area (Å²) in [7, 11) is 0. The highest BCUT2D eigenvalue weighted by Gasteiger charge is 2.14. The summed E-state index contributed by atoms with van der Waals surface area (Å²) in [6, 6.07) is 19.0. The normalized spacial score (nSPS) is 11.6. The number of aromatic hydroxyl groups is 1. The Balaban J connectivity index is 2.29. The summed E-state index contributed by atoms with van der Waals surface area (Å²) in [5, 5.41) is 18.7. The molecule has 19 heavy (non-hydrogen) atoms. The van der Waals surface area contributed by atoms with Gasteiger partial charge in [0.15, 0.2) is 0 Å². The predicted molar refractivity (Wildman–Crippen MR) is 75.8 cm³/mol. The van der Waals surface area contributed by atoms with Gasteiger partial charge in [0.1, 0.15) is 11.8 Å². The maximum absolute atomic E-state index is 9.57. The lowest BCUT2D eigenvalue weighted by Crippen LogP contribution is -2.31. The molecule has 0 fully saturated rings. The van der Waals surface area contributed by atoms with Crippen LogP contribution < -0.4 is 4.90 Å². The molecule has 0 aliphatic carbocycles. The standard InChI is InChI=1S/C16H16N2O/c1-13(11-17)18(12-14-6-3-2-4-7-14)15-8-5-9-16(19)10-15/h2-10,13,19H,12H2,1H3. The van der Waals surface area contributed by atoms with Gasteiger partial charge in [0, 0.05) is 18.3 Å². The van der Waals surface area contributed by atoms with Gasteiger partial charge in [-0.1, -0.05) is 36.4 Å². The van der Waals surface area contributed by atoms with E-state index in [1.807, 2.05) is 48.2 Å². The van der Waals surface area contributed by atoms with Crippen molar-refractivity contribution in [1.82, 2.24) is 0 Å². The highest BCUT2D eigenvalue weighted by molar-refractivity contribution is 5.52. The van der Waals surface area contributed by atoms with Gasteiger partial charge in [-0.05, 0) is 24.6 Å². The largest absolute Gasteiger partial charge is 0.508 e. The van der Waals surface area contributed by atoms with E-state index in [4.69, 9.17) is 5.26 Å². The van der Waals surface area contributed by atoms with Crippen LogP contribution in [-0.4, -0.2) is 11.1 Å².